The van der Waals surface area contributed by atoms with Crippen LogP contribution in [0, 0.1) is 0 Å². The summed E-state index contributed by atoms with van der Waals surface area (Å²) in [5, 5.41) is 10.2. The summed E-state index contributed by atoms with van der Waals surface area (Å²) in [7, 11) is 0. The van der Waals surface area contributed by atoms with Gasteiger partial charge >= 0.3 is 0 Å². The zero-order valence-corrected chi connectivity index (χ0v) is 27.5. The number of fused-ring (bicyclic) bond motifs is 1. The summed E-state index contributed by atoms with van der Waals surface area (Å²) in [6.45, 7) is 0. The van der Waals surface area contributed by atoms with Crippen LogP contribution in [0.15, 0.2) is 194 Å². The van der Waals surface area contributed by atoms with Gasteiger partial charge in [-0.3, -0.25) is 0 Å². The molecule has 0 aliphatic rings. The summed E-state index contributed by atoms with van der Waals surface area (Å²) >= 11 is 0. The van der Waals surface area contributed by atoms with Crippen molar-refractivity contribution in [2.24, 2.45) is 0 Å². The van der Waals surface area contributed by atoms with Crippen LogP contribution in [0.4, 0.5) is 0 Å². The lowest BCUT2D eigenvalue weighted by molar-refractivity contribution is 1.58. The van der Waals surface area contributed by atoms with Crippen molar-refractivity contribution in [3.05, 3.63) is 194 Å². The topological polar surface area (TPSA) is 0 Å². The maximum Gasteiger partial charge on any atom is -0.00201 e. The minimum atomic E-state index is 1.22. The van der Waals surface area contributed by atoms with E-state index < -0.39 is 0 Å². The molecule has 0 bridgehead atoms. The monoisotopic (exact) mass is 632 g/mol. The minimum absolute atomic E-state index is 1.22. The molecule has 0 heterocycles. The van der Waals surface area contributed by atoms with Gasteiger partial charge in [0, 0.05) is 0 Å². The molecule has 0 heteroatoms. The largest absolute Gasteiger partial charge is 0.0622 e. The van der Waals surface area contributed by atoms with Crippen LogP contribution in [0.1, 0.15) is 0 Å². The first-order valence-electron chi connectivity index (χ1n) is 17.3. The van der Waals surface area contributed by atoms with Gasteiger partial charge in [-0.25, -0.2) is 0 Å². The first-order valence-corrected chi connectivity index (χ1v) is 17.3. The molecule has 0 unspecified atom stereocenters. The van der Waals surface area contributed by atoms with Gasteiger partial charge in [-0.1, -0.05) is 152 Å². The third kappa shape index (κ3) is 4.69. The highest BCUT2D eigenvalue weighted by molar-refractivity contribution is 6.29. The molecule has 0 nitrogen and oxygen atoms in total. The Balaban J connectivity index is 1.26. The van der Waals surface area contributed by atoms with Crippen LogP contribution in [0.3, 0.4) is 0 Å². The average Bonchev–Trinajstić information content (AvgIpc) is 3.20. The van der Waals surface area contributed by atoms with Gasteiger partial charge < -0.3 is 0 Å². The highest BCUT2D eigenvalue weighted by Gasteiger charge is 2.19. The molecule has 0 radical (unpaired) electrons. The van der Waals surface area contributed by atoms with Gasteiger partial charge in [-0.05, 0) is 141 Å². The zero-order chi connectivity index (χ0) is 33.0. The lowest BCUT2D eigenvalue weighted by Gasteiger charge is -2.20. The molecular formula is C50H32. The Labute approximate surface area is 291 Å². The van der Waals surface area contributed by atoms with Crippen LogP contribution in [0.5, 0.6) is 0 Å². The smallest absolute Gasteiger partial charge is 0.00201 e. The maximum atomic E-state index is 2.43. The first kappa shape index (κ1) is 28.5. The van der Waals surface area contributed by atoms with Crippen molar-refractivity contribution in [2.75, 3.05) is 0 Å². The Morgan fingerprint density at radius 1 is 0.200 bits per heavy atom. The fraction of sp³-hybridized carbons (Fsp3) is 0. The molecule has 0 fully saturated rings. The summed E-state index contributed by atoms with van der Waals surface area (Å²) in [6.07, 6.45) is 0. The van der Waals surface area contributed by atoms with Gasteiger partial charge in [0.2, 0.25) is 0 Å². The molecule has 10 aromatic carbocycles. The Morgan fingerprint density at radius 3 is 1.16 bits per heavy atom. The summed E-state index contributed by atoms with van der Waals surface area (Å²) in [5.74, 6) is 0. The number of rotatable bonds is 5. The van der Waals surface area contributed by atoms with Gasteiger partial charge in [-0.15, -0.1) is 0 Å². The predicted molar refractivity (Wildman–Crippen MR) is 215 cm³/mol. The molecule has 10 rings (SSSR count). The second-order valence-corrected chi connectivity index (χ2v) is 13.3. The second-order valence-electron chi connectivity index (χ2n) is 13.3. The molecule has 0 aliphatic heterocycles. The van der Waals surface area contributed by atoms with E-state index in [2.05, 4.69) is 194 Å². The van der Waals surface area contributed by atoms with Gasteiger partial charge in [-0.2, -0.15) is 0 Å². The molecule has 0 aromatic heterocycles. The van der Waals surface area contributed by atoms with Crippen LogP contribution >= 0.6 is 0 Å². The standard InChI is InChI=1S/C50H32/c1-4-14-33(15-5-1)40-26-41(34-16-6-2-7-17-34)28-42(27-40)46-31-38-22-13-25-44-47(32-39-23-12-24-43(46)49(39)50(38)44)48-30-37-21-11-10-20-36(37)29-45(48)35-18-8-3-9-19-35/h1-32H. The molecule has 0 N–H and O–H groups in total. The molecular weight excluding hydrogens is 601 g/mol. The Morgan fingerprint density at radius 2 is 0.600 bits per heavy atom. The lowest BCUT2D eigenvalue weighted by Crippen LogP contribution is -1.93. The van der Waals surface area contributed by atoms with E-state index in [1.807, 2.05) is 0 Å². The molecule has 50 heavy (non-hydrogen) atoms. The Hall–Kier alpha value is -6.50. The van der Waals surface area contributed by atoms with Crippen LogP contribution in [-0.4, -0.2) is 0 Å². The van der Waals surface area contributed by atoms with Crippen molar-refractivity contribution in [1.29, 1.82) is 0 Å². The van der Waals surface area contributed by atoms with E-state index in [0.717, 1.165) is 0 Å². The molecule has 232 valence electrons. The number of hydrogen-bond acceptors (Lipinski definition) is 0. The van der Waals surface area contributed by atoms with Gasteiger partial charge in [0.1, 0.15) is 0 Å². The molecule has 0 saturated heterocycles. The van der Waals surface area contributed by atoms with Gasteiger partial charge in [0.15, 0.2) is 0 Å². The molecule has 0 amide bonds. The van der Waals surface area contributed by atoms with E-state index in [1.165, 1.54) is 98.7 Å². The molecule has 0 saturated carbocycles. The summed E-state index contributed by atoms with van der Waals surface area (Å²) in [4.78, 5) is 0. The van der Waals surface area contributed by atoms with Crippen molar-refractivity contribution >= 4 is 43.1 Å². The maximum absolute atomic E-state index is 2.43. The Kier molecular flexibility index (Phi) is 6.60. The molecule has 10 aromatic rings. The lowest BCUT2D eigenvalue weighted by atomic mass is 9.83. The Bertz CT molecular complexity index is 2770. The number of hydrogen-bond donors (Lipinski definition) is 0. The van der Waals surface area contributed by atoms with E-state index in [0.29, 0.717) is 0 Å². The highest BCUT2D eigenvalue weighted by Crippen LogP contribution is 2.47. The summed E-state index contributed by atoms with van der Waals surface area (Å²) < 4.78 is 0. The van der Waals surface area contributed by atoms with Crippen molar-refractivity contribution in [1.82, 2.24) is 0 Å². The SMILES string of the molecule is c1ccc(-c2cc(-c3ccccc3)cc(-c3cc4cccc5c(-c6cc7ccccc7cc6-c6ccccc6)cc6cccc3c6c45)c2)cc1. The van der Waals surface area contributed by atoms with Gasteiger partial charge in [0.05, 0.1) is 0 Å². The van der Waals surface area contributed by atoms with E-state index in [4.69, 9.17) is 0 Å². The average molecular weight is 633 g/mol. The second kappa shape index (κ2) is 11.6. The summed E-state index contributed by atoms with van der Waals surface area (Å²) in [5.41, 5.74) is 12.4. The van der Waals surface area contributed by atoms with Gasteiger partial charge in [0.25, 0.3) is 0 Å². The van der Waals surface area contributed by atoms with Crippen LogP contribution in [-0.2, 0) is 0 Å². The quantitative estimate of drug-likeness (QED) is 0.166. The van der Waals surface area contributed by atoms with Crippen LogP contribution in [0.2, 0.25) is 0 Å². The minimum Gasteiger partial charge on any atom is -0.0622 e. The fourth-order valence-corrected chi connectivity index (χ4v) is 8.01. The third-order valence-electron chi connectivity index (χ3n) is 10.3. The predicted octanol–water partition coefficient (Wildman–Crippen LogP) is 14.1. The fourth-order valence-electron chi connectivity index (χ4n) is 8.01. The highest BCUT2D eigenvalue weighted by atomic mass is 14.2. The van der Waals surface area contributed by atoms with Crippen molar-refractivity contribution < 1.29 is 0 Å². The van der Waals surface area contributed by atoms with E-state index in [1.54, 1.807) is 0 Å². The van der Waals surface area contributed by atoms with E-state index in [9.17, 15) is 0 Å². The number of benzene rings is 10. The first-order chi connectivity index (χ1) is 24.8. The van der Waals surface area contributed by atoms with E-state index >= 15 is 0 Å². The zero-order valence-electron chi connectivity index (χ0n) is 27.5. The van der Waals surface area contributed by atoms with E-state index in [-0.39, 0.29) is 0 Å². The van der Waals surface area contributed by atoms with Crippen molar-refractivity contribution in [3.8, 4) is 55.6 Å². The molecule has 0 atom stereocenters. The van der Waals surface area contributed by atoms with Crippen molar-refractivity contribution in [2.45, 2.75) is 0 Å². The van der Waals surface area contributed by atoms with Crippen molar-refractivity contribution in [3.63, 3.8) is 0 Å². The third-order valence-corrected chi connectivity index (χ3v) is 10.3. The normalized spacial score (nSPS) is 11.6. The molecule has 0 aliphatic carbocycles. The van der Waals surface area contributed by atoms with Crippen LogP contribution in [0.25, 0.3) is 98.7 Å². The van der Waals surface area contributed by atoms with Crippen LogP contribution < -0.4 is 0 Å². The summed E-state index contributed by atoms with van der Waals surface area (Å²) in [6, 6.07) is 71.4. The molecule has 0 spiro atoms.